The van der Waals surface area contributed by atoms with Crippen LogP contribution in [0, 0.1) is 6.92 Å². The van der Waals surface area contributed by atoms with Gasteiger partial charge in [0, 0.05) is 32.7 Å². The van der Waals surface area contributed by atoms with Crippen molar-refractivity contribution < 1.29 is 0 Å². The van der Waals surface area contributed by atoms with Gasteiger partial charge in [0.05, 0.1) is 5.69 Å². The molecule has 1 aromatic carbocycles. The van der Waals surface area contributed by atoms with Crippen molar-refractivity contribution in [3.8, 4) is 0 Å². The summed E-state index contributed by atoms with van der Waals surface area (Å²) in [6.07, 6.45) is 0. The third kappa shape index (κ3) is 3.14. The second-order valence-corrected chi connectivity index (χ2v) is 5.28. The smallest absolute Gasteiger partial charge is 0.151 e. The maximum atomic E-state index is 4.27. The minimum absolute atomic E-state index is 0.969. The van der Waals surface area contributed by atoms with E-state index in [1.54, 1.807) is 0 Å². The Hall–Kier alpha value is -1.94. The van der Waals surface area contributed by atoms with E-state index >= 15 is 0 Å². The first kappa shape index (κ1) is 13.1. The standard InChI is InChI=1S/C16H20N4/c1-14-7-8-16(18-17-14)20-11-9-19(10-12-20)13-15-5-3-2-4-6-15/h2-8H,9-13H2,1H3. The van der Waals surface area contributed by atoms with Crippen LogP contribution in [-0.4, -0.2) is 41.3 Å². The highest BCUT2D eigenvalue weighted by molar-refractivity contribution is 5.37. The number of benzene rings is 1. The largest absolute Gasteiger partial charge is 0.353 e. The van der Waals surface area contributed by atoms with Crippen molar-refractivity contribution in [1.29, 1.82) is 0 Å². The van der Waals surface area contributed by atoms with Gasteiger partial charge in [-0.25, -0.2) is 0 Å². The van der Waals surface area contributed by atoms with Gasteiger partial charge in [0.15, 0.2) is 5.82 Å². The van der Waals surface area contributed by atoms with Crippen LogP contribution in [0.2, 0.25) is 0 Å². The summed E-state index contributed by atoms with van der Waals surface area (Å²) in [7, 11) is 0. The van der Waals surface area contributed by atoms with Crippen LogP contribution in [0.1, 0.15) is 11.3 Å². The van der Waals surface area contributed by atoms with Gasteiger partial charge in [0.25, 0.3) is 0 Å². The summed E-state index contributed by atoms with van der Waals surface area (Å²) in [5.74, 6) is 0.995. The number of nitrogens with zero attached hydrogens (tertiary/aromatic N) is 4. The number of hydrogen-bond donors (Lipinski definition) is 0. The molecule has 0 radical (unpaired) electrons. The van der Waals surface area contributed by atoms with Gasteiger partial charge in [-0.2, -0.15) is 5.10 Å². The number of aromatic nitrogens is 2. The number of hydrogen-bond acceptors (Lipinski definition) is 4. The Kier molecular flexibility index (Phi) is 3.92. The van der Waals surface area contributed by atoms with Gasteiger partial charge in [-0.05, 0) is 24.6 Å². The van der Waals surface area contributed by atoms with Crippen LogP contribution in [0.5, 0.6) is 0 Å². The zero-order valence-electron chi connectivity index (χ0n) is 11.9. The van der Waals surface area contributed by atoms with Crippen molar-refractivity contribution in [2.45, 2.75) is 13.5 Å². The number of anilines is 1. The summed E-state index contributed by atoms with van der Waals surface area (Å²) >= 11 is 0. The lowest BCUT2D eigenvalue weighted by atomic mass is 10.2. The lowest BCUT2D eigenvalue weighted by molar-refractivity contribution is 0.249. The molecule has 2 aromatic rings. The highest BCUT2D eigenvalue weighted by Gasteiger charge is 2.18. The highest BCUT2D eigenvalue weighted by atomic mass is 15.3. The first-order valence-corrected chi connectivity index (χ1v) is 7.13. The van der Waals surface area contributed by atoms with Crippen LogP contribution in [-0.2, 0) is 6.54 Å². The van der Waals surface area contributed by atoms with E-state index in [0.717, 1.165) is 44.2 Å². The number of aryl methyl sites for hydroxylation is 1. The zero-order chi connectivity index (χ0) is 13.8. The van der Waals surface area contributed by atoms with Gasteiger partial charge < -0.3 is 4.90 Å². The predicted octanol–water partition coefficient (Wildman–Crippen LogP) is 2.11. The van der Waals surface area contributed by atoms with Gasteiger partial charge in [0.2, 0.25) is 0 Å². The summed E-state index contributed by atoms with van der Waals surface area (Å²) in [4.78, 5) is 4.81. The molecule has 0 bridgehead atoms. The second kappa shape index (κ2) is 6.01. The molecule has 1 aromatic heterocycles. The molecule has 2 heterocycles. The zero-order valence-corrected chi connectivity index (χ0v) is 11.9. The highest BCUT2D eigenvalue weighted by Crippen LogP contribution is 2.14. The molecule has 1 aliphatic rings. The monoisotopic (exact) mass is 268 g/mol. The summed E-state index contributed by atoms with van der Waals surface area (Å²) in [6.45, 7) is 7.19. The molecule has 104 valence electrons. The van der Waals surface area contributed by atoms with Crippen LogP contribution < -0.4 is 4.90 Å². The summed E-state index contributed by atoms with van der Waals surface area (Å²) in [5.41, 5.74) is 2.35. The van der Waals surface area contributed by atoms with Gasteiger partial charge in [0.1, 0.15) is 0 Å². The lowest BCUT2D eigenvalue weighted by Gasteiger charge is -2.35. The normalized spacial score (nSPS) is 16.4. The fourth-order valence-corrected chi connectivity index (χ4v) is 2.54. The molecule has 0 N–H and O–H groups in total. The maximum Gasteiger partial charge on any atom is 0.151 e. The van der Waals surface area contributed by atoms with E-state index in [0.29, 0.717) is 0 Å². The Morgan fingerprint density at radius 3 is 2.30 bits per heavy atom. The van der Waals surface area contributed by atoms with Crippen LogP contribution in [0.4, 0.5) is 5.82 Å². The molecule has 20 heavy (non-hydrogen) atoms. The quantitative estimate of drug-likeness (QED) is 0.853. The van der Waals surface area contributed by atoms with E-state index in [1.807, 2.05) is 13.0 Å². The van der Waals surface area contributed by atoms with Crippen LogP contribution in [0.25, 0.3) is 0 Å². The van der Waals surface area contributed by atoms with Crippen molar-refractivity contribution in [2.24, 2.45) is 0 Å². The SMILES string of the molecule is Cc1ccc(N2CCN(Cc3ccccc3)CC2)nn1. The molecule has 0 spiro atoms. The van der Waals surface area contributed by atoms with E-state index in [9.17, 15) is 0 Å². The summed E-state index contributed by atoms with van der Waals surface area (Å²) in [6, 6.07) is 14.8. The minimum atomic E-state index is 0.969. The summed E-state index contributed by atoms with van der Waals surface area (Å²) < 4.78 is 0. The van der Waals surface area contributed by atoms with Crippen molar-refractivity contribution in [3.63, 3.8) is 0 Å². The molecular formula is C16H20N4. The number of piperazine rings is 1. The average Bonchev–Trinajstić information content (AvgIpc) is 2.50. The third-order valence-electron chi connectivity index (χ3n) is 3.73. The predicted molar refractivity (Wildman–Crippen MR) is 80.7 cm³/mol. The average molecular weight is 268 g/mol. The summed E-state index contributed by atoms with van der Waals surface area (Å²) in [5, 5.41) is 8.40. The Morgan fingerprint density at radius 2 is 1.65 bits per heavy atom. The van der Waals surface area contributed by atoms with Gasteiger partial charge >= 0.3 is 0 Å². The molecule has 0 unspecified atom stereocenters. The van der Waals surface area contributed by atoms with Crippen LogP contribution in [0.3, 0.4) is 0 Å². The second-order valence-electron chi connectivity index (χ2n) is 5.28. The molecular weight excluding hydrogens is 248 g/mol. The van der Waals surface area contributed by atoms with Crippen molar-refractivity contribution >= 4 is 5.82 Å². The van der Waals surface area contributed by atoms with Crippen LogP contribution in [0.15, 0.2) is 42.5 Å². The molecule has 1 aliphatic heterocycles. The van der Waals surface area contributed by atoms with E-state index in [4.69, 9.17) is 0 Å². The molecule has 1 saturated heterocycles. The Bertz CT molecular complexity index is 530. The molecule has 1 fully saturated rings. The van der Waals surface area contributed by atoms with Gasteiger partial charge in [-0.15, -0.1) is 5.10 Å². The molecule has 3 rings (SSSR count). The van der Waals surface area contributed by atoms with Crippen LogP contribution >= 0.6 is 0 Å². The fourth-order valence-electron chi connectivity index (χ4n) is 2.54. The van der Waals surface area contributed by atoms with Crippen molar-refractivity contribution in [2.75, 3.05) is 31.1 Å². The molecule has 0 atom stereocenters. The van der Waals surface area contributed by atoms with E-state index < -0.39 is 0 Å². The lowest BCUT2D eigenvalue weighted by Crippen LogP contribution is -2.46. The van der Waals surface area contributed by atoms with Crippen molar-refractivity contribution in [3.05, 3.63) is 53.7 Å². The molecule has 4 heteroatoms. The Morgan fingerprint density at radius 1 is 0.900 bits per heavy atom. The Labute approximate surface area is 120 Å². The van der Waals surface area contributed by atoms with E-state index in [-0.39, 0.29) is 0 Å². The van der Waals surface area contributed by atoms with Crippen molar-refractivity contribution in [1.82, 2.24) is 15.1 Å². The molecule has 0 aliphatic carbocycles. The molecule has 4 nitrogen and oxygen atoms in total. The fraction of sp³-hybridized carbons (Fsp3) is 0.375. The molecule has 0 saturated carbocycles. The molecule has 0 amide bonds. The van der Waals surface area contributed by atoms with Gasteiger partial charge in [-0.3, -0.25) is 4.90 Å². The third-order valence-corrected chi connectivity index (χ3v) is 3.73. The van der Waals surface area contributed by atoms with Gasteiger partial charge in [-0.1, -0.05) is 30.3 Å². The Balaban J connectivity index is 1.55. The van der Waals surface area contributed by atoms with E-state index in [2.05, 4.69) is 56.4 Å². The topological polar surface area (TPSA) is 32.3 Å². The first-order chi connectivity index (χ1) is 9.81. The first-order valence-electron chi connectivity index (χ1n) is 7.13. The van der Waals surface area contributed by atoms with E-state index in [1.165, 1.54) is 5.56 Å². The minimum Gasteiger partial charge on any atom is -0.353 e. The maximum absolute atomic E-state index is 4.27. The number of rotatable bonds is 3.